The first-order valence-electron chi connectivity index (χ1n) is 8.56. The lowest BCUT2D eigenvalue weighted by Crippen LogP contribution is -2.48. The molecule has 126 valence electrons. The SMILES string of the molecule is O=C(NC1CCC(C(F)(F)F)CC1)C1CC2CCCCC2N1. The van der Waals surface area contributed by atoms with Gasteiger partial charge in [-0.25, -0.2) is 0 Å². The van der Waals surface area contributed by atoms with Gasteiger partial charge in [0.05, 0.1) is 12.0 Å². The highest BCUT2D eigenvalue weighted by Gasteiger charge is 2.42. The summed E-state index contributed by atoms with van der Waals surface area (Å²) in [6.07, 6.45) is 2.76. The summed E-state index contributed by atoms with van der Waals surface area (Å²) in [6.45, 7) is 0. The van der Waals surface area contributed by atoms with Crippen LogP contribution < -0.4 is 10.6 Å². The number of hydrogen-bond donors (Lipinski definition) is 2. The van der Waals surface area contributed by atoms with Crippen molar-refractivity contribution >= 4 is 5.91 Å². The van der Waals surface area contributed by atoms with Crippen LogP contribution >= 0.6 is 0 Å². The maximum Gasteiger partial charge on any atom is 0.391 e. The molecule has 0 spiro atoms. The van der Waals surface area contributed by atoms with E-state index in [4.69, 9.17) is 0 Å². The Bertz CT molecular complexity index is 391. The molecule has 3 atom stereocenters. The fourth-order valence-corrected chi connectivity index (χ4v) is 4.39. The number of amides is 1. The minimum absolute atomic E-state index is 0.00939. The molecule has 1 aliphatic heterocycles. The molecule has 3 rings (SSSR count). The van der Waals surface area contributed by atoms with Gasteiger partial charge < -0.3 is 10.6 Å². The van der Waals surface area contributed by atoms with Crippen LogP contribution in [0.5, 0.6) is 0 Å². The number of nitrogens with one attached hydrogen (secondary N) is 2. The van der Waals surface area contributed by atoms with Gasteiger partial charge in [-0.2, -0.15) is 13.2 Å². The molecule has 0 bridgehead atoms. The third-order valence-electron chi connectivity index (χ3n) is 5.72. The van der Waals surface area contributed by atoms with Gasteiger partial charge in [-0.15, -0.1) is 0 Å². The smallest absolute Gasteiger partial charge is 0.352 e. The van der Waals surface area contributed by atoms with Crippen molar-refractivity contribution in [1.29, 1.82) is 0 Å². The molecular formula is C16H25F3N2O. The normalized spacial score (nSPS) is 39.3. The average Bonchev–Trinajstić information content (AvgIpc) is 2.91. The maximum absolute atomic E-state index is 12.6. The summed E-state index contributed by atoms with van der Waals surface area (Å²) in [5, 5.41) is 6.40. The third-order valence-corrected chi connectivity index (χ3v) is 5.72. The molecule has 22 heavy (non-hydrogen) atoms. The van der Waals surface area contributed by atoms with Crippen molar-refractivity contribution in [2.75, 3.05) is 0 Å². The second kappa shape index (κ2) is 6.38. The topological polar surface area (TPSA) is 41.1 Å². The van der Waals surface area contributed by atoms with Gasteiger partial charge in [0.1, 0.15) is 0 Å². The van der Waals surface area contributed by atoms with Gasteiger partial charge in [0, 0.05) is 12.1 Å². The monoisotopic (exact) mass is 318 g/mol. The van der Waals surface area contributed by atoms with Crippen LogP contribution in [0, 0.1) is 11.8 Å². The van der Waals surface area contributed by atoms with Crippen molar-refractivity contribution in [3.05, 3.63) is 0 Å². The Morgan fingerprint density at radius 2 is 1.68 bits per heavy atom. The zero-order valence-corrected chi connectivity index (χ0v) is 12.8. The minimum atomic E-state index is -4.09. The summed E-state index contributed by atoms with van der Waals surface area (Å²) >= 11 is 0. The van der Waals surface area contributed by atoms with Gasteiger partial charge in [-0.3, -0.25) is 4.79 Å². The number of alkyl halides is 3. The fourth-order valence-electron chi connectivity index (χ4n) is 4.39. The van der Waals surface area contributed by atoms with E-state index in [0.29, 0.717) is 24.8 Å². The first-order chi connectivity index (χ1) is 10.4. The number of hydrogen-bond acceptors (Lipinski definition) is 2. The first-order valence-corrected chi connectivity index (χ1v) is 8.56. The van der Waals surface area contributed by atoms with Crippen LogP contribution in [-0.4, -0.2) is 30.2 Å². The van der Waals surface area contributed by atoms with E-state index in [1.807, 2.05) is 0 Å². The molecule has 2 N–H and O–H groups in total. The lowest BCUT2D eigenvalue weighted by molar-refractivity contribution is -0.182. The first kappa shape index (κ1) is 16.1. The molecule has 2 saturated carbocycles. The van der Waals surface area contributed by atoms with Crippen LogP contribution in [0.15, 0.2) is 0 Å². The van der Waals surface area contributed by atoms with Crippen LogP contribution in [0.2, 0.25) is 0 Å². The van der Waals surface area contributed by atoms with Crippen molar-refractivity contribution in [2.45, 2.75) is 82.1 Å². The van der Waals surface area contributed by atoms with E-state index in [1.165, 1.54) is 19.3 Å². The van der Waals surface area contributed by atoms with Crippen LogP contribution in [-0.2, 0) is 4.79 Å². The van der Waals surface area contributed by atoms with Crippen LogP contribution in [0.4, 0.5) is 13.2 Å². The predicted octanol–water partition coefficient (Wildman–Crippen LogP) is 3.14. The molecule has 2 aliphatic carbocycles. The molecule has 0 aromatic carbocycles. The molecule has 1 saturated heterocycles. The summed E-state index contributed by atoms with van der Waals surface area (Å²) in [5.74, 6) is -0.594. The zero-order chi connectivity index (χ0) is 15.7. The van der Waals surface area contributed by atoms with E-state index >= 15 is 0 Å². The number of rotatable bonds is 2. The molecule has 3 unspecified atom stereocenters. The number of carbonyl (C=O) groups is 1. The van der Waals surface area contributed by atoms with E-state index < -0.39 is 12.1 Å². The molecule has 3 nitrogen and oxygen atoms in total. The lowest BCUT2D eigenvalue weighted by atomic mass is 9.84. The summed E-state index contributed by atoms with van der Waals surface area (Å²) in [7, 11) is 0. The second-order valence-corrected chi connectivity index (χ2v) is 7.20. The molecule has 0 aromatic rings. The average molecular weight is 318 g/mol. The number of halogens is 3. The Morgan fingerprint density at radius 1 is 1.00 bits per heavy atom. The number of fused-ring (bicyclic) bond motifs is 1. The van der Waals surface area contributed by atoms with Crippen LogP contribution in [0.25, 0.3) is 0 Å². The molecule has 1 amide bonds. The van der Waals surface area contributed by atoms with Gasteiger partial charge >= 0.3 is 6.18 Å². The Hall–Kier alpha value is -0.780. The van der Waals surface area contributed by atoms with Gasteiger partial charge in [-0.05, 0) is 50.9 Å². The third kappa shape index (κ3) is 3.58. The van der Waals surface area contributed by atoms with Crippen molar-refractivity contribution in [3.63, 3.8) is 0 Å². The van der Waals surface area contributed by atoms with Crippen molar-refractivity contribution in [2.24, 2.45) is 11.8 Å². The Morgan fingerprint density at radius 3 is 2.32 bits per heavy atom. The quantitative estimate of drug-likeness (QED) is 0.821. The molecule has 0 aromatic heterocycles. The fraction of sp³-hybridized carbons (Fsp3) is 0.938. The molecule has 1 heterocycles. The maximum atomic E-state index is 12.6. The molecule has 3 aliphatic rings. The summed E-state index contributed by atoms with van der Waals surface area (Å²) < 4.78 is 37.9. The van der Waals surface area contributed by atoms with Gasteiger partial charge in [0.2, 0.25) is 5.91 Å². The van der Waals surface area contributed by atoms with Crippen molar-refractivity contribution < 1.29 is 18.0 Å². The molecule has 0 radical (unpaired) electrons. The lowest BCUT2D eigenvalue weighted by Gasteiger charge is -2.31. The Kier molecular flexibility index (Phi) is 4.67. The van der Waals surface area contributed by atoms with E-state index in [0.717, 1.165) is 12.8 Å². The van der Waals surface area contributed by atoms with Crippen molar-refractivity contribution in [3.8, 4) is 0 Å². The molecule has 6 heteroatoms. The van der Waals surface area contributed by atoms with E-state index in [9.17, 15) is 18.0 Å². The number of carbonyl (C=O) groups excluding carboxylic acids is 1. The molecule has 3 fully saturated rings. The summed E-state index contributed by atoms with van der Waals surface area (Å²) in [4.78, 5) is 12.3. The van der Waals surface area contributed by atoms with E-state index in [-0.39, 0.29) is 30.8 Å². The van der Waals surface area contributed by atoms with Crippen molar-refractivity contribution in [1.82, 2.24) is 10.6 Å². The highest BCUT2D eigenvalue weighted by Crippen LogP contribution is 2.38. The largest absolute Gasteiger partial charge is 0.391 e. The minimum Gasteiger partial charge on any atom is -0.352 e. The highest BCUT2D eigenvalue weighted by molar-refractivity contribution is 5.82. The van der Waals surface area contributed by atoms with Crippen LogP contribution in [0.1, 0.15) is 57.8 Å². The van der Waals surface area contributed by atoms with Gasteiger partial charge in [-0.1, -0.05) is 12.8 Å². The van der Waals surface area contributed by atoms with E-state index in [1.54, 1.807) is 0 Å². The summed E-state index contributed by atoms with van der Waals surface area (Å²) in [6, 6.07) is 0.231. The standard InChI is InChI=1S/C16H25F3N2O/c17-16(18,19)11-5-7-12(8-6-11)20-15(22)14-9-10-3-1-2-4-13(10)21-14/h10-14,21H,1-9H2,(H,20,22). The zero-order valence-electron chi connectivity index (χ0n) is 12.8. The van der Waals surface area contributed by atoms with Gasteiger partial charge in [0.15, 0.2) is 0 Å². The molecular weight excluding hydrogens is 293 g/mol. The summed E-state index contributed by atoms with van der Waals surface area (Å²) in [5.41, 5.74) is 0. The predicted molar refractivity (Wildman–Crippen MR) is 77.2 cm³/mol. The van der Waals surface area contributed by atoms with Gasteiger partial charge in [0.25, 0.3) is 0 Å². The Balaban J connectivity index is 1.45. The van der Waals surface area contributed by atoms with E-state index in [2.05, 4.69) is 10.6 Å². The van der Waals surface area contributed by atoms with Crippen LogP contribution in [0.3, 0.4) is 0 Å². The second-order valence-electron chi connectivity index (χ2n) is 7.20. The Labute approximate surface area is 129 Å². The highest BCUT2D eigenvalue weighted by atomic mass is 19.4.